The fraction of sp³-hybridized carbons (Fsp3) is 0.462. The van der Waals surface area contributed by atoms with Crippen LogP contribution in [-0.4, -0.2) is 43.4 Å². The van der Waals surface area contributed by atoms with E-state index >= 15 is 0 Å². The Morgan fingerprint density at radius 1 is 1.50 bits per heavy atom. The van der Waals surface area contributed by atoms with Gasteiger partial charge in [-0.2, -0.15) is 0 Å². The van der Waals surface area contributed by atoms with Crippen molar-refractivity contribution in [2.75, 3.05) is 26.7 Å². The first-order valence-electron chi connectivity index (χ1n) is 5.69. The SMILES string of the molecule is Cc1cccc(C(=O)C2CN(C)CCN2)c1. The number of piperazine rings is 1. The van der Waals surface area contributed by atoms with Crippen LogP contribution in [0.2, 0.25) is 0 Å². The third kappa shape index (κ3) is 2.49. The Kier molecular flexibility index (Phi) is 3.36. The summed E-state index contributed by atoms with van der Waals surface area (Å²) in [6.45, 7) is 4.71. The third-order valence-electron chi connectivity index (χ3n) is 3.00. The second-order valence-corrected chi connectivity index (χ2v) is 4.50. The summed E-state index contributed by atoms with van der Waals surface area (Å²) in [6.07, 6.45) is 0. The summed E-state index contributed by atoms with van der Waals surface area (Å²) in [5.41, 5.74) is 1.95. The van der Waals surface area contributed by atoms with Crippen LogP contribution < -0.4 is 5.32 Å². The van der Waals surface area contributed by atoms with Gasteiger partial charge in [0.1, 0.15) is 0 Å². The van der Waals surface area contributed by atoms with Crippen molar-refractivity contribution in [3.05, 3.63) is 35.4 Å². The number of rotatable bonds is 2. The van der Waals surface area contributed by atoms with Crippen LogP contribution in [-0.2, 0) is 0 Å². The number of ketones is 1. The molecule has 1 heterocycles. The Labute approximate surface area is 96.5 Å². The molecule has 0 spiro atoms. The maximum absolute atomic E-state index is 12.2. The fourth-order valence-electron chi connectivity index (χ4n) is 2.07. The van der Waals surface area contributed by atoms with Gasteiger partial charge in [0, 0.05) is 25.2 Å². The van der Waals surface area contributed by atoms with Crippen LogP contribution in [0, 0.1) is 6.92 Å². The normalized spacial score (nSPS) is 22.0. The zero-order valence-corrected chi connectivity index (χ0v) is 9.86. The zero-order chi connectivity index (χ0) is 11.5. The molecule has 0 bridgehead atoms. The van der Waals surface area contributed by atoms with Gasteiger partial charge in [0.05, 0.1) is 6.04 Å². The average molecular weight is 218 g/mol. The van der Waals surface area contributed by atoms with Crippen molar-refractivity contribution in [1.29, 1.82) is 0 Å². The molecule has 0 aliphatic carbocycles. The number of Topliss-reactive ketones (excluding diaryl/α,β-unsaturated/α-hetero) is 1. The van der Waals surface area contributed by atoms with Crippen molar-refractivity contribution >= 4 is 5.78 Å². The smallest absolute Gasteiger partial charge is 0.181 e. The molecule has 1 aromatic rings. The zero-order valence-electron chi connectivity index (χ0n) is 9.86. The van der Waals surface area contributed by atoms with Gasteiger partial charge in [-0.1, -0.05) is 23.8 Å². The molecule has 16 heavy (non-hydrogen) atoms. The van der Waals surface area contributed by atoms with Gasteiger partial charge in [-0.25, -0.2) is 0 Å². The summed E-state index contributed by atoms with van der Waals surface area (Å²) in [5, 5.41) is 3.28. The van der Waals surface area contributed by atoms with Gasteiger partial charge in [0.25, 0.3) is 0 Å². The van der Waals surface area contributed by atoms with Crippen LogP contribution in [0.3, 0.4) is 0 Å². The van der Waals surface area contributed by atoms with E-state index in [4.69, 9.17) is 0 Å². The standard InChI is InChI=1S/C13H18N2O/c1-10-4-3-5-11(8-10)13(16)12-9-15(2)7-6-14-12/h3-5,8,12,14H,6-7,9H2,1-2H3. The Morgan fingerprint density at radius 2 is 2.31 bits per heavy atom. The van der Waals surface area contributed by atoms with Crippen molar-refractivity contribution < 1.29 is 4.79 Å². The third-order valence-corrected chi connectivity index (χ3v) is 3.00. The molecule has 1 unspecified atom stereocenters. The second-order valence-electron chi connectivity index (χ2n) is 4.50. The molecule has 1 aromatic carbocycles. The lowest BCUT2D eigenvalue weighted by atomic mass is 10.0. The number of likely N-dealkylation sites (N-methyl/N-ethyl adjacent to an activating group) is 1. The molecule has 0 radical (unpaired) electrons. The van der Waals surface area contributed by atoms with E-state index in [0.717, 1.165) is 30.8 Å². The molecular formula is C13H18N2O. The van der Waals surface area contributed by atoms with E-state index in [1.54, 1.807) is 0 Å². The highest BCUT2D eigenvalue weighted by Crippen LogP contribution is 2.09. The summed E-state index contributed by atoms with van der Waals surface area (Å²) in [5.74, 6) is 0.204. The van der Waals surface area contributed by atoms with E-state index in [2.05, 4.69) is 17.3 Å². The molecule has 1 aliphatic rings. The highest BCUT2D eigenvalue weighted by molar-refractivity contribution is 6.00. The molecule has 1 atom stereocenters. The van der Waals surface area contributed by atoms with E-state index in [-0.39, 0.29) is 11.8 Å². The van der Waals surface area contributed by atoms with E-state index in [0.29, 0.717) is 0 Å². The Balaban J connectivity index is 2.12. The van der Waals surface area contributed by atoms with Gasteiger partial charge in [-0.3, -0.25) is 4.79 Å². The van der Waals surface area contributed by atoms with Crippen molar-refractivity contribution in [1.82, 2.24) is 10.2 Å². The molecular weight excluding hydrogens is 200 g/mol. The summed E-state index contributed by atoms with van der Waals surface area (Å²) < 4.78 is 0. The fourth-order valence-corrected chi connectivity index (χ4v) is 2.07. The Hall–Kier alpha value is -1.19. The van der Waals surface area contributed by atoms with E-state index in [9.17, 15) is 4.79 Å². The van der Waals surface area contributed by atoms with Gasteiger partial charge in [0.15, 0.2) is 5.78 Å². The van der Waals surface area contributed by atoms with Crippen molar-refractivity contribution in [3.63, 3.8) is 0 Å². The first kappa shape index (κ1) is 11.3. The first-order chi connectivity index (χ1) is 7.66. The summed E-state index contributed by atoms with van der Waals surface area (Å²) in [6, 6.07) is 7.75. The minimum Gasteiger partial charge on any atom is -0.305 e. The monoisotopic (exact) mass is 218 g/mol. The Bertz CT molecular complexity index is 389. The van der Waals surface area contributed by atoms with E-state index < -0.39 is 0 Å². The molecule has 2 rings (SSSR count). The number of carbonyl (C=O) groups excluding carboxylic acids is 1. The molecule has 1 fully saturated rings. The molecule has 3 nitrogen and oxygen atoms in total. The van der Waals surface area contributed by atoms with Crippen LogP contribution in [0.1, 0.15) is 15.9 Å². The van der Waals surface area contributed by atoms with Crippen LogP contribution in [0.4, 0.5) is 0 Å². The van der Waals surface area contributed by atoms with E-state index in [1.807, 2.05) is 31.2 Å². The lowest BCUT2D eigenvalue weighted by Crippen LogP contribution is -2.52. The molecule has 0 saturated carbocycles. The molecule has 86 valence electrons. The van der Waals surface area contributed by atoms with Crippen LogP contribution >= 0.6 is 0 Å². The predicted molar refractivity (Wildman–Crippen MR) is 64.8 cm³/mol. The number of aryl methyl sites for hydroxylation is 1. The summed E-state index contributed by atoms with van der Waals surface area (Å²) in [4.78, 5) is 14.4. The van der Waals surface area contributed by atoms with Gasteiger partial charge < -0.3 is 10.2 Å². The maximum atomic E-state index is 12.2. The maximum Gasteiger partial charge on any atom is 0.181 e. The van der Waals surface area contributed by atoms with Crippen molar-refractivity contribution in [2.45, 2.75) is 13.0 Å². The predicted octanol–water partition coefficient (Wildman–Crippen LogP) is 1.08. The van der Waals surface area contributed by atoms with E-state index in [1.165, 1.54) is 0 Å². The van der Waals surface area contributed by atoms with Crippen molar-refractivity contribution in [2.24, 2.45) is 0 Å². The molecule has 1 aliphatic heterocycles. The Morgan fingerprint density at radius 3 is 3.00 bits per heavy atom. The summed E-state index contributed by atoms with van der Waals surface area (Å²) in [7, 11) is 2.05. The first-order valence-corrected chi connectivity index (χ1v) is 5.69. The minimum absolute atomic E-state index is 0.0550. The molecule has 3 heteroatoms. The number of hydrogen-bond acceptors (Lipinski definition) is 3. The second kappa shape index (κ2) is 4.76. The minimum atomic E-state index is -0.0550. The molecule has 1 saturated heterocycles. The van der Waals surface area contributed by atoms with Gasteiger partial charge in [-0.05, 0) is 20.0 Å². The molecule has 0 amide bonds. The largest absolute Gasteiger partial charge is 0.305 e. The number of hydrogen-bond donors (Lipinski definition) is 1. The molecule has 0 aromatic heterocycles. The van der Waals surface area contributed by atoms with Crippen molar-refractivity contribution in [3.8, 4) is 0 Å². The van der Waals surface area contributed by atoms with Gasteiger partial charge in [0.2, 0.25) is 0 Å². The van der Waals surface area contributed by atoms with Crippen LogP contribution in [0.5, 0.6) is 0 Å². The average Bonchev–Trinajstić information content (AvgIpc) is 2.28. The highest BCUT2D eigenvalue weighted by atomic mass is 16.1. The number of carbonyl (C=O) groups is 1. The van der Waals surface area contributed by atoms with Gasteiger partial charge in [-0.15, -0.1) is 0 Å². The van der Waals surface area contributed by atoms with Gasteiger partial charge >= 0.3 is 0 Å². The lowest BCUT2D eigenvalue weighted by Gasteiger charge is -2.29. The number of nitrogens with one attached hydrogen (secondary N) is 1. The molecule has 1 N–H and O–H groups in total. The van der Waals surface area contributed by atoms with Crippen LogP contribution in [0.25, 0.3) is 0 Å². The van der Waals surface area contributed by atoms with Crippen LogP contribution in [0.15, 0.2) is 24.3 Å². The highest BCUT2D eigenvalue weighted by Gasteiger charge is 2.24. The summed E-state index contributed by atoms with van der Waals surface area (Å²) >= 11 is 0. The topological polar surface area (TPSA) is 32.3 Å². The number of nitrogens with zero attached hydrogens (tertiary/aromatic N) is 1. The lowest BCUT2D eigenvalue weighted by molar-refractivity contribution is 0.0894. The quantitative estimate of drug-likeness (QED) is 0.754. The number of benzene rings is 1.